The first-order chi connectivity index (χ1) is 5.06. The van der Waals surface area contributed by atoms with Gasteiger partial charge in [-0.3, -0.25) is 0 Å². The minimum atomic E-state index is 0.0388. The fraction of sp³-hybridized carbons (Fsp3) is 1.00. The Morgan fingerprint density at radius 2 is 1.73 bits per heavy atom. The Morgan fingerprint density at radius 3 is 2.09 bits per heavy atom. The van der Waals surface area contributed by atoms with Crippen LogP contribution in [0.4, 0.5) is 0 Å². The van der Waals surface area contributed by atoms with Crippen LogP contribution >= 0.6 is 0 Å². The highest BCUT2D eigenvalue weighted by atomic mass is 16.5. The average molecular weight is 158 g/mol. The Morgan fingerprint density at radius 1 is 1.27 bits per heavy atom. The Kier molecular flexibility index (Phi) is 2.55. The third kappa shape index (κ3) is 2.17. The molecule has 66 valence electrons. The van der Waals surface area contributed by atoms with Crippen molar-refractivity contribution in [2.75, 3.05) is 7.11 Å². The van der Waals surface area contributed by atoms with Gasteiger partial charge in [-0.15, -0.1) is 0 Å². The van der Waals surface area contributed by atoms with E-state index >= 15 is 0 Å². The molecule has 0 aliphatic carbocycles. The van der Waals surface area contributed by atoms with Gasteiger partial charge in [0.05, 0.1) is 17.8 Å². The first-order valence-corrected chi connectivity index (χ1v) is 4.26. The normalized spacial score (nSPS) is 45.8. The topological polar surface area (TPSA) is 18.5 Å². The van der Waals surface area contributed by atoms with Crippen LogP contribution < -0.4 is 0 Å². The molecule has 0 aromatic rings. The second-order valence-corrected chi connectivity index (χ2v) is 3.82. The van der Waals surface area contributed by atoms with Gasteiger partial charge in [-0.1, -0.05) is 0 Å². The minimum Gasteiger partial charge on any atom is -0.378 e. The van der Waals surface area contributed by atoms with Crippen molar-refractivity contribution < 1.29 is 9.47 Å². The fourth-order valence-electron chi connectivity index (χ4n) is 1.96. The molecule has 1 aliphatic rings. The Balaban J connectivity index is 2.55. The summed E-state index contributed by atoms with van der Waals surface area (Å²) in [7, 11) is 1.78. The smallest absolute Gasteiger partial charge is 0.0699 e. The summed E-state index contributed by atoms with van der Waals surface area (Å²) in [6, 6.07) is 0. The summed E-state index contributed by atoms with van der Waals surface area (Å²) in [6.45, 7) is 6.36. The van der Waals surface area contributed by atoms with E-state index in [9.17, 15) is 0 Å². The van der Waals surface area contributed by atoms with Crippen molar-refractivity contribution in [3.63, 3.8) is 0 Å². The van der Waals surface area contributed by atoms with Crippen molar-refractivity contribution in [3.8, 4) is 0 Å². The molecule has 1 fully saturated rings. The average Bonchev–Trinajstić information content (AvgIpc) is 1.84. The van der Waals surface area contributed by atoms with E-state index in [4.69, 9.17) is 9.47 Å². The maximum atomic E-state index is 5.60. The van der Waals surface area contributed by atoms with Crippen molar-refractivity contribution in [2.45, 2.75) is 51.4 Å². The van der Waals surface area contributed by atoms with Gasteiger partial charge in [0.25, 0.3) is 0 Å². The van der Waals surface area contributed by atoms with Gasteiger partial charge in [-0.2, -0.15) is 0 Å². The van der Waals surface area contributed by atoms with Crippen LogP contribution in [0.1, 0.15) is 33.6 Å². The summed E-state index contributed by atoms with van der Waals surface area (Å²) in [5.41, 5.74) is 0.0388. The molecular formula is C9H18O2. The molecule has 1 saturated heterocycles. The van der Waals surface area contributed by atoms with Crippen molar-refractivity contribution in [1.82, 2.24) is 0 Å². The van der Waals surface area contributed by atoms with Crippen molar-refractivity contribution in [3.05, 3.63) is 0 Å². The molecule has 0 N–H and O–H groups in total. The summed E-state index contributed by atoms with van der Waals surface area (Å²) in [5, 5.41) is 0. The lowest BCUT2D eigenvalue weighted by atomic mass is 9.89. The molecule has 1 heterocycles. The summed E-state index contributed by atoms with van der Waals surface area (Å²) >= 11 is 0. The van der Waals surface area contributed by atoms with Gasteiger partial charge < -0.3 is 9.47 Å². The maximum absolute atomic E-state index is 5.60. The van der Waals surface area contributed by atoms with Crippen molar-refractivity contribution in [2.24, 2.45) is 0 Å². The number of rotatable bonds is 1. The molecule has 0 bridgehead atoms. The highest BCUT2D eigenvalue weighted by molar-refractivity contribution is 4.84. The van der Waals surface area contributed by atoms with E-state index in [0.29, 0.717) is 12.2 Å². The summed E-state index contributed by atoms with van der Waals surface area (Å²) < 4.78 is 11.0. The van der Waals surface area contributed by atoms with Gasteiger partial charge in [-0.25, -0.2) is 0 Å². The zero-order valence-corrected chi connectivity index (χ0v) is 7.89. The number of hydrogen-bond acceptors (Lipinski definition) is 2. The lowest BCUT2D eigenvalue weighted by molar-refractivity contribution is -0.138. The third-order valence-electron chi connectivity index (χ3n) is 2.40. The van der Waals surface area contributed by atoms with Crippen LogP contribution in [0, 0.1) is 0 Å². The molecule has 0 spiro atoms. The standard InChI is InChI=1S/C9H18O2/c1-7-5-9(3,10-4)6-8(2)11-7/h7-8H,5-6H2,1-4H3. The molecule has 1 aliphatic heterocycles. The summed E-state index contributed by atoms with van der Waals surface area (Å²) in [5.74, 6) is 0. The Labute approximate surface area is 68.9 Å². The van der Waals surface area contributed by atoms with Gasteiger partial charge in [0.15, 0.2) is 0 Å². The zero-order chi connectivity index (χ0) is 8.48. The Bertz CT molecular complexity index is 124. The quantitative estimate of drug-likeness (QED) is 0.581. The molecule has 0 saturated carbocycles. The number of ether oxygens (including phenoxy) is 2. The molecular weight excluding hydrogens is 140 g/mol. The van der Waals surface area contributed by atoms with Crippen molar-refractivity contribution >= 4 is 0 Å². The summed E-state index contributed by atoms with van der Waals surface area (Å²) in [4.78, 5) is 0. The van der Waals surface area contributed by atoms with Gasteiger partial charge in [0.2, 0.25) is 0 Å². The highest BCUT2D eigenvalue weighted by Gasteiger charge is 2.34. The molecule has 0 radical (unpaired) electrons. The monoisotopic (exact) mass is 158 g/mol. The van der Waals surface area contributed by atoms with E-state index < -0.39 is 0 Å². The van der Waals surface area contributed by atoms with Crippen LogP contribution in [0.25, 0.3) is 0 Å². The third-order valence-corrected chi connectivity index (χ3v) is 2.40. The molecule has 2 nitrogen and oxygen atoms in total. The highest BCUT2D eigenvalue weighted by Crippen LogP contribution is 2.30. The molecule has 0 aromatic heterocycles. The zero-order valence-electron chi connectivity index (χ0n) is 7.89. The van der Waals surface area contributed by atoms with E-state index in [1.165, 1.54) is 0 Å². The molecule has 2 unspecified atom stereocenters. The first-order valence-electron chi connectivity index (χ1n) is 4.26. The van der Waals surface area contributed by atoms with Gasteiger partial charge in [-0.05, 0) is 20.8 Å². The first kappa shape index (κ1) is 9.01. The minimum absolute atomic E-state index is 0.0388. The lowest BCUT2D eigenvalue weighted by Gasteiger charge is -2.39. The van der Waals surface area contributed by atoms with E-state index in [2.05, 4.69) is 20.8 Å². The lowest BCUT2D eigenvalue weighted by Crippen LogP contribution is -2.42. The van der Waals surface area contributed by atoms with Crippen LogP contribution in [-0.4, -0.2) is 24.9 Å². The molecule has 0 aromatic carbocycles. The van der Waals surface area contributed by atoms with Crippen molar-refractivity contribution in [1.29, 1.82) is 0 Å². The molecule has 1 rings (SSSR count). The van der Waals surface area contributed by atoms with Gasteiger partial charge in [0.1, 0.15) is 0 Å². The van der Waals surface area contributed by atoms with Crippen LogP contribution in [-0.2, 0) is 9.47 Å². The second-order valence-electron chi connectivity index (χ2n) is 3.82. The van der Waals surface area contributed by atoms with E-state index in [1.807, 2.05) is 0 Å². The number of hydrogen-bond donors (Lipinski definition) is 0. The van der Waals surface area contributed by atoms with Gasteiger partial charge >= 0.3 is 0 Å². The molecule has 2 atom stereocenters. The summed E-state index contributed by atoms with van der Waals surface area (Å²) in [6.07, 6.45) is 2.69. The predicted molar refractivity (Wildman–Crippen MR) is 44.7 cm³/mol. The maximum Gasteiger partial charge on any atom is 0.0699 e. The van der Waals surface area contributed by atoms with Crippen LogP contribution in [0.2, 0.25) is 0 Å². The van der Waals surface area contributed by atoms with Crippen LogP contribution in [0.15, 0.2) is 0 Å². The SMILES string of the molecule is COC1(C)CC(C)OC(C)C1. The van der Waals surface area contributed by atoms with Crippen LogP contribution in [0.5, 0.6) is 0 Å². The van der Waals surface area contributed by atoms with Crippen LogP contribution in [0.3, 0.4) is 0 Å². The molecule has 11 heavy (non-hydrogen) atoms. The van der Waals surface area contributed by atoms with E-state index in [1.54, 1.807) is 7.11 Å². The predicted octanol–water partition coefficient (Wildman–Crippen LogP) is 1.98. The number of methoxy groups -OCH3 is 1. The largest absolute Gasteiger partial charge is 0.378 e. The molecule has 0 amide bonds. The van der Waals surface area contributed by atoms with E-state index in [0.717, 1.165) is 12.8 Å². The van der Waals surface area contributed by atoms with E-state index in [-0.39, 0.29) is 5.60 Å². The second kappa shape index (κ2) is 3.11. The Hall–Kier alpha value is -0.0800. The fourth-order valence-corrected chi connectivity index (χ4v) is 1.96. The van der Waals surface area contributed by atoms with Gasteiger partial charge in [0, 0.05) is 20.0 Å². The molecule has 2 heteroatoms.